The first-order chi connectivity index (χ1) is 11.4. The zero-order chi connectivity index (χ0) is 17.6. The second-order valence-corrected chi connectivity index (χ2v) is 6.04. The molecule has 0 aliphatic rings. The predicted octanol–water partition coefficient (Wildman–Crippen LogP) is 3.22. The molecule has 4 nitrogen and oxygen atoms in total. The number of amides is 1. The number of rotatable bonds is 7. The average Bonchev–Trinajstić information content (AvgIpc) is 2.57. The minimum absolute atomic E-state index is 0.299. The van der Waals surface area contributed by atoms with Gasteiger partial charge in [-0.05, 0) is 50.1 Å². The van der Waals surface area contributed by atoms with Gasteiger partial charge in [0.2, 0.25) is 0 Å². The highest BCUT2D eigenvalue weighted by Gasteiger charge is 2.29. The number of hydrogen-bond donors (Lipinski definition) is 2. The third-order valence-corrected chi connectivity index (χ3v) is 3.62. The van der Waals surface area contributed by atoms with Crippen LogP contribution >= 0.6 is 0 Å². The molecule has 0 aliphatic heterocycles. The third kappa shape index (κ3) is 5.06. The van der Waals surface area contributed by atoms with Gasteiger partial charge in [0.1, 0.15) is 11.6 Å². The Balaban J connectivity index is 1.83. The zero-order valence-corrected chi connectivity index (χ0v) is 13.8. The van der Waals surface area contributed by atoms with Crippen LogP contribution in [0, 0.1) is 5.82 Å². The van der Waals surface area contributed by atoms with E-state index in [-0.39, 0.29) is 11.7 Å². The third-order valence-electron chi connectivity index (χ3n) is 3.62. The Kier molecular flexibility index (Phi) is 5.93. The molecule has 24 heavy (non-hydrogen) atoms. The zero-order valence-electron chi connectivity index (χ0n) is 13.8. The van der Waals surface area contributed by atoms with Crippen molar-refractivity contribution in [1.82, 2.24) is 5.32 Å². The first-order valence-electron chi connectivity index (χ1n) is 7.84. The largest absolute Gasteiger partial charge is 0.478 e. The van der Waals surface area contributed by atoms with E-state index in [4.69, 9.17) is 4.74 Å². The molecule has 2 aromatic rings. The van der Waals surface area contributed by atoms with E-state index in [1.165, 1.54) is 24.3 Å². The fourth-order valence-electron chi connectivity index (χ4n) is 2.22. The summed E-state index contributed by atoms with van der Waals surface area (Å²) in [7, 11) is 0. The van der Waals surface area contributed by atoms with Crippen molar-refractivity contribution in [3.63, 3.8) is 0 Å². The molecular formula is C19H22FNO3. The van der Waals surface area contributed by atoms with Gasteiger partial charge in [0.05, 0.1) is 6.10 Å². The maximum atomic E-state index is 12.9. The van der Waals surface area contributed by atoms with Crippen molar-refractivity contribution in [2.24, 2.45) is 0 Å². The summed E-state index contributed by atoms with van der Waals surface area (Å²) in [4.78, 5) is 12.3. The molecule has 2 rings (SSSR count). The van der Waals surface area contributed by atoms with Gasteiger partial charge in [-0.15, -0.1) is 0 Å². The topological polar surface area (TPSA) is 58.6 Å². The number of benzene rings is 2. The Morgan fingerprint density at radius 3 is 2.42 bits per heavy atom. The van der Waals surface area contributed by atoms with Gasteiger partial charge in [-0.2, -0.15) is 0 Å². The minimum atomic E-state index is -1.10. The van der Waals surface area contributed by atoms with Crippen molar-refractivity contribution >= 4 is 5.91 Å². The van der Waals surface area contributed by atoms with E-state index >= 15 is 0 Å². The highest BCUT2D eigenvalue weighted by Crippen LogP contribution is 2.19. The molecule has 128 valence electrons. The Morgan fingerprint density at radius 1 is 1.17 bits per heavy atom. The number of ether oxygens (including phenoxy) is 1. The molecule has 2 N–H and O–H groups in total. The normalized spacial score (nSPS) is 12.5. The van der Waals surface area contributed by atoms with Crippen molar-refractivity contribution in [3.05, 3.63) is 66.0 Å². The van der Waals surface area contributed by atoms with E-state index in [0.717, 1.165) is 5.56 Å². The molecule has 0 spiro atoms. The van der Waals surface area contributed by atoms with Crippen LogP contribution in [-0.2, 0) is 4.79 Å². The maximum absolute atomic E-state index is 12.9. The summed E-state index contributed by atoms with van der Waals surface area (Å²) in [6.45, 7) is 3.60. The lowest BCUT2D eigenvalue weighted by atomic mass is 10.1. The lowest BCUT2D eigenvalue weighted by molar-refractivity contribution is -0.134. The van der Waals surface area contributed by atoms with Gasteiger partial charge in [0, 0.05) is 6.54 Å². The first-order valence-corrected chi connectivity index (χ1v) is 7.84. The van der Waals surface area contributed by atoms with Crippen molar-refractivity contribution in [3.8, 4) is 5.75 Å². The smallest absolute Gasteiger partial charge is 0.263 e. The summed E-state index contributed by atoms with van der Waals surface area (Å²) >= 11 is 0. The summed E-state index contributed by atoms with van der Waals surface area (Å²) in [5, 5.41) is 12.8. The highest BCUT2D eigenvalue weighted by molar-refractivity contribution is 5.84. The van der Waals surface area contributed by atoms with Gasteiger partial charge < -0.3 is 15.2 Å². The molecule has 5 heteroatoms. The van der Waals surface area contributed by atoms with Crippen molar-refractivity contribution in [2.75, 3.05) is 6.54 Å². The van der Waals surface area contributed by atoms with Gasteiger partial charge in [-0.25, -0.2) is 4.39 Å². The van der Waals surface area contributed by atoms with Gasteiger partial charge >= 0.3 is 0 Å². The van der Waals surface area contributed by atoms with Gasteiger partial charge in [0.25, 0.3) is 5.91 Å². The average molecular weight is 331 g/mol. The number of hydrogen-bond acceptors (Lipinski definition) is 3. The first kappa shape index (κ1) is 17.9. The predicted molar refractivity (Wildman–Crippen MR) is 90.1 cm³/mol. The van der Waals surface area contributed by atoms with Crippen LogP contribution in [0.5, 0.6) is 5.75 Å². The summed E-state index contributed by atoms with van der Waals surface area (Å²) in [5.41, 5.74) is -0.288. The number of nitrogens with one attached hydrogen (secondary N) is 1. The van der Waals surface area contributed by atoms with Crippen molar-refractivity contribution in [2.45, 2.75) is 32.0 Å². The van der Waals surface area contributed by atoms with Crippen LogP contribution in [0.15, 0.2) is 54.6 Å². The number of aliphatic hydroxyl groups excluding tert-OH is 1. The summed E-state index contributed by atoms with van der Waals surface area (Å²) in [6.07, 6.45) is -0.227. The van der Waals surface area contributed by atoms with E-state index in [9.17, 15) is 14.3 Å². The van der Waals surface area contributed by atoms with Crippen LogP contribution in [0.25, 0.3) is 0 Å². The maximum Gasteiger partial charge on any atom is 0.263 e. The summed E-state index contributed by atoms with van der Waals surface area (Å²) in [6, 6.07) is 14.8. The van der Waals surface area contributed by atoms with Crippen LogP contribution in [0.4, 0.5) is 4.39 Å². The van der Waals surface area contributed by atoms with Crippen LogP contribution < -0.4 is 10.1 Å². The molecule has 0 aromatic heterocycles. The van der Waals surface area contributed by atoms with Gasteiger partial charge in [-0.1, -0.05) is 30.3 Å². The molecule has 1 unspecified atom stereocenters. The molecule has 0 fully saturated rings. The van der Waals surface area contributed by atoms with E-state index in [1.807, 2.05) is 30.3 Å². The van der Waals surface area contributed by atoms with E-state index in [1.54, 1.807) is 13.8 Å². The van der Waals surface area contributed by atoms with Crippen molar-refractivity contribution < 1.29 is 19.0 Å². The Labute approximate surface area is 141 Å². The summed E-state index contributed by atoms with van der Waals surface area (Å²) < 4.78 is 18.5. The van der Waals surface area contributed by atoms with E-state index < -0.39 is 11.7 Å². The molecule has 0 saturated carbocycles. The van der Waals surface area contributed by atoms with Crippen LogP contribution in [0.3, 0.4) is 0 Å². The molecule has 0 radical (unpaired) electrons. The molecule has 1 amide bonds. The van der Waals surface area contributed by atoms with E-state index in [0.29, 0.717) is 18.7 Å². The molecular weight excluding hydrogens is 309 g/mol. The molecule has 0 saturated heterocycles. The summed E-state index contributed by atoms with van der Waals surface area (Å²) in [5.74, 6) is -0.243. The Hall–Kier alpha value is -2.40. The number of carbonyl (C=O) groups excluding carboxylic acids is 1. The van der Waals surface area contributed by atoms with Crippen molar-refractivity contribution in [1.29, 1.82) is 0 Å². The highest BCUT2D eigenvalue weighted by atomic mass is 19.1. The lowest BCUT2D eigenvalue weighted by Crippen LogP contribution is -2.47. The molecule has 0 heterocycles. The number of halogens is 1. The van der Waals surface area contributed by atoms with Crippen LogP contribution in [-0.4, -0.2) is 23.2 Å². The second-order valence-electron chi connectivity index (χ2n) is 6.04. The number of aliphatic hydroxyl groups is 1. The van der Waals surface area contributed by atoms with E-state index in [2.05, 4.69) is 5.32 Å². The fourth-order valence-corrected chi connectivity index (χ4v) is 2.22. The molecule has 2 aromatic carbocycles. The molecule has 1 atom stereocenters. The Bertz CT molecular complexity index is 656. The molecule has 0 bridgehead atoms. The monoisotopic (exact) mass is 331 g/mol. The van der Waals surface area contributed by atoms with Crippen LogP contribution in [0.2, 0.25) is 0 Å². The standard InChI is InChI=1S/C19H22FNO3/c1-19(2,24-16-10-8-15(20)9-11-16)18(23)21-13-12-17(22)14-6-4-3-5-7-14/h3-11,17,22H,12-13H2,1-2H3,(H,21,23). The Morgan fingerprint density at radius 2 is 1.79 bits per heavy atom. The van der Waals surface area contributed by atoms with Gasteiger partial charge in [0.15, 0.2) is 5.60 Å². The molecule has 0 aliphatic carbocycles. The number of carbonyl (C=O) groups is 1. The fraction of sp³-hybridized carbons (Fsp3) is 0.316. The quantitative estimate of drug-likeness (QED) is 0.819. The minimum Gasteiger partial charge on any atom is -0.478 e. The SMILES string of the molecule is CC(C)(Oc1ccc(F)cc1)C(=O)NCCC(O)c1ccccc1. The lowest BCUT2D eigenvalue weighted by Gasteiger charge is -2.25. The van der Waals surface area contributed by atoms with Gasteiger partial charge in [-0.3, -0.25) is 4.79 Å². The second kappa shape index (κ2) is 7.93. The van der Waals surface area contributed by atoms with Crippen LogP contribution in [0.1, 0.15) is 31.9 Å².